The second kappa shape index (κ2) is 9.33. The van der Waals surface area contributed by atoms with Crippen molar-refractivity contribution in [3.05, 3.63) is 59.7 Å². The molecule has 4 rings (SSSR count). The molecule has 35 heavy (non-hydrogen) atoms. The number of alkyl carbamates (subject to hydrolysis) is 1. The molecule has 1 aliphatic heterocycles. The van der Waals surface area contributed by atoms with Gasteiger partial charge in [-0.05, 0) is 35.6 Å². The summed E-state index contributed by atoms with van der Waals surface area (Å²) in [7, 11) is -3.39. The zero-order chi connectivity index (χ0) is 25.4. The van der Waals surface area contributed by atoms with Gasteiger partial charge in [0.25, 0.3) is 0 Å². The molecule has 2 aromatic rings. The number of benzene rings is 2. The van der Waals surface area contributed by atoms with Crippen LogP contribution in [-0.2, 0) is 24.2 Å². The second-order valence-corrected chi connectivity index (χ2v) is 11.8. The van der Waals surface area contributed by atoms with E-state index in [0.29, 0.717) is 0 Å². The van der Waals surface area contributed by atoms with Gasteiger partial charge in [0.2, 0.25) is 5.91 Å². The molecule has 2 N–H and O–H groups in total. The standard InChI is InChI=1S/C25H28N2O7S/c1-25(23(29)30)14-27(15-25)22(28)21(11-12-35(2,32)33)26-24(31)34-13-20-18-9-5-3-7-16(18)17-8-4-6-10-19(17)20/h3-10,20-21H,11-15H2,1-2H3,(H,26,31)(H,29,30). The van der Waals surface area contributed by atoms with Crippen LogP contribution in [0.25, 0.3) is 11.1 Å². The zero-order valence-corrected chi connectivity index (χ0v) is 20.4. The fraction of sp³-hybridized carbons (Fsp3) is 0.400. The van der Waals surface area contributed by atoms with E-state index >= 15 is 0 Å². The minimum Gasteiger partial charge on any atom is -0.481 e. The zero-order valence-electron chi connectivity index (χ0n) is 19.6. The first-order valence-corrected chi connectivity index (χ1v) is 13.4. The molecule has 2 aromatic carbocycles. The van der Waals surface area contributed by atoms with Crippen LogP contribution in [0.5, 0.6) is 0 Å². The molecule has 9 nitrogen and oxygen atoms in total. The normalized spacial score (nSPS) is 17.0. The molecule has 1 atom stereocenters. The van der Waals surface area contributed by atoms with Crippen LogP contribution >= 0.6 is 0 Å². The highest BCUT2D eigenvalue weighted by Crippen LogP contribution is 2.44. The number of likely N-dealkylation sites (tertiary alicyclic amines) is 1. The number of carbonyl (C=O) groups is 3. The number of rotatable bonds is 8. The predicted molar refractivity (Wildman–Crippen MR) is 129 cm³/mol. The summed E-state index contributed by atoms with van der Waals surface area (Å²) in [6, 6.07) is 14.6. The summed E-state index contributed by atoms with van der Waals surface area (Å²) in [5.41, 5.74) is 3.19. The van der Waals surface area contributed by atoms with Crippen molar-refractivity contribution in [1.82, 2.24) is 10.2 Å². The van der Waals surface area contributed by atoms with E-state index in [9.17, 15) is 27.9 Å². The summed E-state index contributed by atoms with van der Waals surface area (Å²) in [4.78, 5) is 38.3. The summed E-state index contributed by atoms with van der Waals surface area (Å²) < 4.78 is 28.9. The lowest BCUT2D eigenvalue weighted by atomic mass is 9.81. The van der Waals surface area contributed by atoms with Crippen LogP contribution in [0.1, 0.15) is 30.4 Å². The molecule has 1 heterocycles. The molecule has 2 aliphatic rings. The molecule has 1 fully saturated rings. The Morgan fingerprint density at radius 2 is 1.63 bits per heavy atom. The Morgan fingerprint density at radius 1 is 1.09 bits per heavy atom. The van der Waals surface area contributed by atoms with E-state index < -0.39 is 39.3 Å². The van der Waals surface area contributed by atoms with E-state index in [1.807, 2.05) is 48.5 Å². The van der Waals surface area contributed by atoms with Gasteiger partial charge in [-0.25, -0.2) is 13.2 Å². The average Bonchev–Trinajstić information content (AvgIpc) is 3.11. The van der Waals surface area contributed by atoms with Crippen molar-refractivity contribution in [1.29, 1.82) is 0 Å². The maximum Gasteiger partial charge on any atom is 0.407 e. The summed E-state index contributed by atoms with van der Waals surface area (Å²) in [5, 5.41) is 11.8. The monoisotopic (exact) mass is 500 g/mol. The van der Waals surface area contributed by atoms with Crippen LogP contribution in [0.2, 0.25) is 0 Å². The van der Waals surface area contributed by atoms with Gasteiger partial charge in [0.05, 0.1) is 11.2 Å². The number of nitrogens with one attached hydrogen (secondary N) is 1. The first kappa shape index (κ1) is 24.7. The first-order chi connectivity index (χ1) is 16.5. The van der Waals surface area contributed by atoms with Gasteiger partial charge in [-0.2, -0.15) is 0 Å². The number of ether oxygens (including phenoxy) is 1. The fourth-order valence-corrected chi connectivity index (χ4v) is 5.34. The average molecular weight is 501 g/mol. The minimum absolute atomic E-state index is 0.0110. The fourth-order valence-electron chi connectivity index (χ4n) is 4.68. The predicted octanol–water partition coefficient (Wildman–Crippen LogP) is 2.26. The molecule has 2 amide bonds. The van der Waals surface area contributed by atoms with Crippen LogP contribution < -0.4 is 5.32 Å². The summed E-state index contributed by atoms with van der Waals surface area (Å²) in [5.74, 6) is -2.01. The van der Waals surface area contributed by atoms with E-state index in [4.69, 9.17) is 4.74 Å². The first-order valence-electron chi connectivity index (χ1n) is 11.3. The van der Waals surface area contributed by atoms with Crippen molar-refractivity contribution in [2.24, 2.45) is 5.41 Å². The third-order valence-electron chi connectivity index (χ3n) is 6.62. The van der Waals surface area contributed by atoms with Crippen LogP contribution in [-0.4, -0.2) is 74.1 Å². The quantitative estimate of drug-likeness (QED) is 0.569. The van der Waals surface area contributed by atoms with Gasteiger partial charge in [0.1, 0.15) is 22.5 Å². The molecule has 186 valence electrons. The van der Waals surface area contributed by atoms with Crippen molar-refractivity contribution < 1.29 is 32.6 Å². The molecule has 0 bridgehead atoms. The van der Waals surface area contributed by atoms with Gasteiger partial charge in [-0.3, -0.25) is 9.59 Å². The maximum atomic E-state index is 12.9. The third-order valence-corrected chi connectivity index (χ3v) is 7.60. The number of hydrogen-bond acceptors (Lipinski definition) is 6. The molecule has 10 heteroatoms. The highest BCUT2D eigenvalue weighted by atomic mass is 32.2. The summed E-state index contributed by atoms with van der Waals surface area (Å²) >= 11 is 0. The lowest BCUT2D eigenvalue weighted by Crippen LogP contribution is -2.64. The topological polar surface area (TPSA) is 130 Å². The van der Waals surface area contributed by atoms with Crippen molar-refractivity contribution in [2.45, 2.75) is 25.3 Å². The van der Waals surface area contributed by atoms with Crippen LogP contribution in [0.15, 0.2) is 48.5 Å². The largest absolute Gasteiger partial charge is 0.481 e. The Kier molecular flexibility index (Phi) is 6.59. The van der Waals surface area contributed by atoms with E-state index in [1.54, 1.807) is 0 Å². The van der Waals surface area contributed by atoms with E-state index in [0.717, 1.165) is 28.5 Å². The van der Waals surface area contributed by atoms with Crippen molar-refractivity contribution in [3.8, 4) is 11.1 Å². The highest BCUT2D eigenvalue weighted by Gasteiger charge is 2.48. The lowest BCUT2D eigenvalue weighted by molar-refractivity contribution is -0.164. The van der Waals surface area contributed by atoms with Crippen LogP contribution in [0.4, 0.5) is 4.79 Å². The molecule has 1 aliphatic carbocycles. The number of aliphatic carboxylic acids is 1. The smallest absolute Gasteiger partial charge is 0.407 e. The Balaban J connectivity index is 1.43. The van der Waals surface area contributed by atoms with Gasteiger partial charge in [-0.15, -0.1) is 0 Å². The number of sulfone groups is 1. The SMILES string of the molecule is CC1(C(=O)O)CN(C(=O)C(CCS(C)(=O)=O)NC(=O)OCC2c3ccccc3-c3ccccc32)C1. The maximum absolute atomic E-state index is 12.9. The molecule has 0 aromatic heterocycles. The number of amides is 2. The number of nitrogens with zero attached hydrogens (tertiary/aromatic N) is 1. The van der Waals surface area contributed by atoms with Crippen molar-refractivity contribution >= 4 is 27.8 Å². The molecular formula is C25H28N2O7S. The number of carboxylic acids is 1. The molecule has 0 saturated carbocycles. The number of carboxylic acid groups (broad SMARTS) is 1. The second-order valence-electron chi connectivity index (χ2n) is 9.50. The van der Waals surface area contributed by atoms with Gasteiger partial charge in [-0.1, -0.05) is 48.5 Å². The number of hydrogen-bond donors (Lipinski definition) is 2. The van der Waals surface area contributed by atoms with Crippen LogP contribution in [0, 0.1) is 5.41 Å². The molecule has 0 spiro atoms. The molecular weight excluding hydrogens is 472 g/mol. The number of fused-ring (bicyclic) bond motifs is 3. The van der Waals surface area contributed by atoms with Crippen molar-refractivity contribution in [3.63, 3.8) is 0 Å². The van der Waals surface area contributed by atoms with E-state index in [-0.39, 0.29) is 37.8 Å². The van der Waals surface area contributed by atoms with Gasteiger partial charge < -0.3 is 20.1 Å². The molecule has 0 radical (unpaired) electrons. The number of carbonyl (C=O) groups excluding carboxylic acids is 2. The Morgan fingerprint density at radius 3 is 2.14 bits per heavy atom. The molecule has 1 unspecified atom stereocenters. The van der Waals surface area contributed by atoms with E-state index in [2.05, 4.69) is 5.32 Å². The summed E-state index contributed by atoms with van der Waals surface area (Å²) in [6.45, 7) is 1.56. The summed E-state index contributed by atoms with van der Waals surface area (Å²) in [6.07, 6.45) is 0.0787. The van der Waals surface area contributed by atoms with Gasteiger partial charge >= 0.3 is 12.1 Å². The van der Waals surface area contributed by atoms with E-state index in [1.165, 1.54) is 11.8 Å². The Bertz CT molecular complexity index is 1220. The lowest BCUT2D eigenvalue weighted by Gasteiger charge is -2.46. The third kappa shape index (κ3) is 5.17. The Hall–Kier alpha value is -3.40. The minimum atomic E-state index is -3.39. The molecule has 1 saturated heterocycles. The van der Waals surface area contributed by atoms with Gasteiger partial charge in [0.15, 0.2) is 0 Å². The Labute approximate surface area is 204 Å². The van der Waals surface area contributed by atoms with Gasteiger partial charge in [0, 0.05) is 25.3 Å². The van der Waals surface area contributed by atoms with Crippen molar-refractivity contribution in [2.75, 3.05) is 31.7 Å². The van der Waals surface area contributed by atoms with Crippen LogP contribution in [0.3, 0.4) is 0 Å². The highest BCUT2D eigenvalue weighted by molar-refractivity contribution is 7.90.